The van der Waals surface area contributed by atoms with Crippen LogP contribution in [0.3, 0.4) is 0 Å². The molecule has 8 aromatic rings. The molecule has 0 saturated heterocycles. The zero-order valence-electron chi connectivity index (χ0n) is 20.8. The van der Waals surface area contributed by atoms with Crippen molar-refractivity contribution in [3.8, 4) is 38.0 Å². The van der Waals surface area contributed by atoms with Gasteiger partial charge in [0.1, 0.15) is 5.01 Å². The molecule has 0 radical (unpaired) electrons. The molecule has 5 heteroatoms. The number of rotatable bonds is 4. The van der Waals surface area contributed by atoms with Gasteiger partial charge in [0.25, 0.3) is 0 Å². The lowest BCUT2D eigenvalue weighted by molar-refractivity contribution is 1.18. The summed E-state index contributed by atoms with van der Waals surface area (Å²) in [4.78, 5) is 11.0. The molecule has 0 unspecified atom stereocenters. The Balaban J connectivity index is 1.35. The van der Waals surface area contributed by atoms with Crippen LogP contribution in [0.5, 0.6) is 0 Å². The van der Waals surface area contributed by atoms with Gasteiger partial charge in [0, 0.05) is 44.2 Å². The number of aromatic nitrogens is 3. The summed E-state index contributed by atoms with van der Waals surface area (Å²) in [6.07, 6.45) is 1.88. The van der Waals surface area contributed by atoms with Crippen LogP contribution in [0.1, 0.15) is 0 Å². The number of pyridine rings is 1. The van der Waals surface area contributed by atoms with Gasteiger partial charge in [-0.15, -0.1) is 22.7 Å². The number of nitrogens with zero attached hydrogens (tertiary/aromatic N) is 3. The van der Waals surface area contributed by atoms with Gasteiger partial charge >= 0.3 is 0 Å². The molecule has 8 rings (SSSR count). The van der Waals surface area contributed by atoms with Crippen LogP contribution >= 0.6 is 22.7 Å². The minimum absolute atomic E-state index is 0.998. The van der Waals surface area contributed by atoms with Crippen LogP contribution < -0.4 is 0 Å². The van der Waals surface area contributed by atoms with Gasteiger partial charge in [0.05, 0.1) is 26.9 Å². The second kappa shape index (κ2) is 9.02. The molecule has 184 valence electrons. The Hall–Kier alpha value is -4.58. The maximum Gasteiger partial charge on any atom is 0.124 e. The van der Waals surface area contributed by atoms with Crippen molar-refractivity contribution in [3.63, 3.8) is 0 Å². The zero-order valence-corrected chi connectivity index (χ0v) is 22.4. The van der Waals surface area contributed by atoms with E-state index in [0.29, 0.717) is 0 Å². The highest BCUT2D eigenvalue weighted by molar-refractivity contribution is 7.21. The first-order valence-corrected chi connectivity index (χ1v) is 14.5. The van der Waals surface area contributed by atoms with Crippen LogP contribution in [0.2, 0.25) is 0 Å². The molecule has 0 aliphatic carbocycles. The molecule has 4 aromatic carbocycles. The van der Waals surface area contributed by atoms with E-state index in [1.54, 1.807) is 22.7 Å². The van der Waals surface area contributed by atoms with Crippen molar-refractivity contribution in [2.75, 3.05) is 0 Å². The van der Waals surface area contributed by atoms with E-state index in [4.69, 9.17) is 9.97 Å². The van der Waals surface area contributed by atoms with Crippen LogP contribution in [0, 0.1) is 0 Å². The Labute approximate surface area is 233 Å². The van der Waals surface area contributed by atoms with E-state index >= 15 is 0 Å². The van der Waals surface area contributed by atoms with Gasteiger partial charge in [0.2, 0.25) is 0 Å². The van der Waals surface area contributed by atoms with E-state index in [9.17, 15) is 0 Å². The highest BCUT2D eigenvalue weighted by atomic mass is 32.1. The lowest BCUT2D eigenvalue weighted by atomic mass is 10.0. The van der Waals surface area contributed by atoms with E-state index in [1.165, 1.54) is 31.4 Å². The van der Waals surface area contributed by atoms with E-state index in [-0.39, 0.29) is 0 Å². The molecule has 0 N–H and O–H groups in total. The Morgan fingerprint density at radius 2 is 1.54 bits per heavy atom. The van der Waals surface area contributed by atoms with Gasteiger partial charge in [-0.3, -0.25) is 4.98 Å². The standard InChI is InChI=1S/C34H21N3S2/c1-3-13-29-25(10-1)26-17-16-23(34-36-28-12-2-4-14-32(28)39-34)21-30(26)37(29)24-9-5-8-22(20-24)33-27(11-6-18-35-33)31-15-7-19-38-31/h1-21H. The fraction of sp³-hybridized carbons (Fsp3) is 0. The smallest absolute Gasteiger partial charge is 0.124 e. The summed E-state index contributed by atoms with van der Waals surface area (Å²) in [5, 5.41) is 5.63. The molecular weight excluding hydrogens is 515 g/mol. The minimum Gasteiger partial charge on any atom is -0.309 e. The van der Waals surface area contributed by atoms with Crippen molar-refractivity contribution in [2.45, 2.75) is 0 Å². The summed E-state index contributed by atoms with van der Waals surface area (Å²) in [6, 6.07) is 40.9. The predicted molar refractivity (Wildman–Crippen MR) is 166 cm³/mol. The Bertz CT molecular complexity index is 2100. The third-order valence-corrected chi connectivity index (χ3v) is 9.18. The van der Waals surface area contributed by atoms with Crippen molar-refractivity contribution >= 4 is 54.7 Å². The summed E-state index contributed by atoms with van der Waals surface area (Å²) in [5.74, 6) is 0. The Morgan fingerprint density at radius 3 is 2.46 bits per heavy atom. The lowest BCUT2D eigenvalue weighted by Gasteiger charge is -2.12. The first-order valence-electron chi connectivity index (χ1n) is 12.8. The van der Waals surface area contributed by atoms with Crippen LogP contribution in [0.15, 0.2) is 127 Å². The maximum atomic E-state index is 4.94. The van der Waals surface area contributed by atoms with E-state index in [1.807, 2.05) is 18.3 Å². The molecule has 0 amide bonds. The minimum atomic E-state index is 0.998. The normalized spacial score (nSPS) is 11.6. The average Bonchev–Trinajstić information content (AvgIpc) is 3.75. The second-order valence-electron chi connectivity index (χ2n) is 9.50. The maximum absolute atomic E-state index is 4.94. The molecule has 0 spiro atoms. The Morgan fingerprint density at radius 1 is 0.641 bits per heavy atom. The Kier molecular flexibility index (Phi) is 5.18. The molecule has 39 heavy (non-hydrogen) atoms. The van der Waals surface area contributed by atoms with Crippen molar-refractivity contribution in [2.24, 2.45) is 0 Å². The first kappa shape index (κ1) is 22.4. The SMILES string of the molecule is c1cc(-c2ncccc2-c2cccs2)cc(-n2c3ccccc3c3ccc(-c4nc5ccccc5s4)cc32)c1. The fourth-order valence-corrected chi connectivity index (χ4v) is 7.15. The van der Waals surface area contributed by atoms with Crippen molar-refractivity contribution in [3.05, 3.63) is 127 Å². The van der Waals surface area contributed by atoms with Crippen molar-refractivity contribution < 1.29 is 0 Å². The van der Waals surface area contributed by atoms with Crippen molar-refractivity contribution in [1.29, 1.82) is 0 Å². The fourth-order valence-electron chi connectivity index (χ4n) is 5.44. The van der Waals surface area contributed by atoms with Crippen LogP contribution in [0.4, 0.5) is 0 Å². The topological polar surface area (TPSA) is 30.7 Å². The summed E-state index contributed by atoms with van der Waals surface area (Å²) < 4.78 is 3.58. The third kappa shape index (κ3) is 3.70. The number of thiophene rings is 1. The van der Waals surface area contributed by atoms with E-state index in [2.05, 4.69) is 113 Å². The van der Waals surface area contributed by atoms with Crippen molar-refractivity contribution in [1.82, 2.24) is 14.5 Å². The third-order valence-electron chi connectivity index (χ3n) is 7.19. The van der Waals surface area contributed by atoms with Gasteiger partial charge in [0.15, 0.2) is 0 Å². The molecule has 0 aliphatic rings. The van der Waals surface area contributed by atoms with Crippen LogP contribution in [-0.4, -0.2) is 14.5 Å². The van der Waals surface area contributed by atoms with E-state index < -0.39 is 0 Å². The molecule has 0 bridgehead atoms. The van der Waals surface area contributed by atoms with Gasteiger partial charge in [-0.2, -0.15) is 0 Å². The molecule has 4 aromatic heterocycles. The van der Waals surface area contributed by atoms with E-state index in [0.717, 1.165) is 38.6 Å². The number of hydrogen-bond acceptors (Lipinski definition) is 4. The monoisotopic (exact) mass is 535 g/mol. The number of para-hydroxylation sites is 2. The van der Waals surface area contributed by atoms with Crippen LogP contribution in [0.25, 0.3) is 70.0 Å². The molecule has 0 aliphatic heterocycles. The number of hydrogen-bond donors (Lipinski definition) is 0. The van der Waals surface area contributed by atoms with Gasteiger partial charge in [-0.25, -0.2) is 4.98 Å². The number of benzene rings is 4. The lowest BCUT2D eigenvalue weighted by Crippen LogP contribution is -1.95. The molecular formula is C34H21N3S2. The first-order chi connectivity index (χ1) is 19.3. The molecule has 0 atom stereocenters. The van der Waals surface area contributed by atoms with Gasteiger partial charge in [-0.05, 0) is 60.0 Å². The quantitative estimate of drug-likeness (QED) is 0.224. The highest BCUT2D eigenvalue weighted by Gasteiger charge is 2.16. The molecule has 3 nitrogen and oxygen atoms in total. The van der Waals surface area contributed by atoms with Gasteiger partial charge < -0.3 is 4.57 Å². The largest absolute Gasteiger partial charge is 0.309 e. The summed E-state index contributed by atoms with van der Waals surface area (Å²) >= 11 is 3.48. The molecule has 0 fully saturated rings. The van der Waals surface area contributed by atoms with Crippen LogP contribution in [-0.2, 0) is 0 Å². The summed E-state index contributed by atoms with van der Waals surface area (Å²) in [5.41, 5.74) is 8.90. The molecule has 0 saturated carbocycles. The number of fused-ring (bicyclic) bond motifs is 4. The second-order valence-corrected chi connectivity index (χ2v) is 11.5. The van der Waals surface area contributed by atoms with Gasteiger partial charge in [-0.1, -0.05) is 60.7 Å². The average molecular weight is 536 g/mol. The molecule has 4 heterocycles. The summed E-state index contributed by atoms with van der Waals surface area (Å²) in [7, 11) is 0. The predicted octanol–water partition coefficient (Wildman–Crippen LogP) is 9.85. The number of thiazole rings is 1. The highest BCUT2D eigenvalue weighted by Crippen LogP contribution is 2.38. The summed E-state index contributed by atoms with van der Waals surface area (Å²) in [6.45, 7) is 0. The zero-order chi connectivity index (χ0) is 25.8.